The molecule has 3 rings (SSSR count). The summed E-state index contributed by atoms with van der Waals surface area (Å²) in [7, 11) is 1.57. The van der Waals surface area contributed by atoms with Crippen LogP contribution in [-0.2, 0) is 4.79 Å². The Kier molecular flexibility index (Phi) is 5.93. The zero-order chi connectivity index (χ0) is 19.2. The first-order valence-electron chi connectivity index (χ1n) is 8.30. The van der Waals surface area contributed by atoms with Crippen LogP contribution in [0.4, 0.5) is 0 Å². The third-order valence-electron chi connectivity index (χ3n) is 3.83. The molecular weight excluding hydrogens is 362 g/mol. The summed E-state index contributed by atoms with van der Waals surface area (Å²) in [4.78, 5) is 29.7. The third kappa shape index (κ3) is 4.20. The minimum absolute atomic E-state index is 0.141. The molecule has 0 saturated heterocycles. The van der Waals surface area contributed by atoms with Crippen molar-refractivity contribution in [2.45, 2.75) is 5.16 Å². The molecule has 2 aromatic carbocycles. The predicted octanol–water partition coefficient (Wildman–Crippen LogP) is 2.79. The Morgan fingerprint density at radius 1 is 1.30 bits per heavy atom. The Labute approximate surface area is 160 Å². The summed E-state index contributed by atoms with van der Waals surface area (Å²) in [6.07, 6.45) is 1.61. The van der Waals surface area contributed by atoms with E-state index in [4.69, 9.17) is 4.74 Å². The summed E-state index contributed by atoms with van der Waals surface area (Å²) in [6.45, 7) is 3.97. The second-order valence-corrected chi connectivity index (χ2v) is 6.58. The van der Waals surface area contributed by atoms with Gasteiger partial charge in [-0.15, -0.1) is 6.58 Å². The van der Waals surface area contributed by atoms with Crippen LogP contribution in [-0.4, -0.2) is 34.9 Å². The molecule has 138 valence electrons. The SMILES string of the molecule is C=CCNC(=O)CSc1nc2ccccc2c(=O)n1-c1cccc(OC)c1. The minimum atomic E-state index is -0.192. The first kappa shape index (κ1) is 18.7. The fourth-order valence-corrected chi connectivity index (χ4v) is 3.40. The third-order valence-corrected chi connectivity index (χ3v) is 4.77. The van der Waals surface area contributed by atoms with E-state index in [1.165, 1.54) is 16.3 Å². The van der Waals surface area contributed by atoms with Gasteiger partial charge in [0.15, 0.2) is 5.16 Å². The van der Waals surface area contributed by atoms with Crippen molar-refractivity contribution < 1.29 is 9.53 Å². The molecule has 7 heteroatoms. The fraction of sp³-hybridized carbons (Fsp3) is 0.150. The van der Waals surface area contributed by atoms with Crippen LogP contribution in [0.5, 0.6) is 5.75 Å². The number of hydrogen-bond acceptors (Lipinski definition) is 5. The average Bonchev–Trinajstić information content (AvgIpc) is 2.70. The summed E-state index contributed by atoms with van der Waals surface area (Å²) >= 11 is 1.21. The van der Waals surface area contributed by atoms with Crippen molar-refractivity contribution in [2.24, 2.45) is 0 Å². The Morgan fingerprint density at radius 2 is 2.11 bits per heavy atom. The first-order chi connectivity index (χ1) is 13.1. The molecular formula is C20H19N3O3S. The number of rotatable bonds is 7. The Balaban J connectivity index is 2.08. The van der Waals surface area contributed by atoms with Gasteiger partial charge < -0.3 is 10.1 Å². The molecule has 0 saturated carbocycles. The van der Waals surface area contributed by atoms with Gasteiger partial charge in [-0.2, -0.15) is 0 Å². The Hall–Kier alpha value is -3.06. The van der Waals surface area contributed by atoms with Crippen molar-refractivity contribution >= 4 is 28.6 Å². The van der Waals surface area contributed by atoms with Crippen LogP contribution in [0.2, 0.25) is 0 Å². The van der Waals surface area contributed by atoms with E-state index in [1.54, 1.807) is 49.6 Å². The van der Waals surface area contributed by atoms with Crippen molar-refractivity contribution in [3.8, 4) is 11.4 Å². The van der Waals surface area contributed by atoms with Gasteiger partial charge in [-0.25, -0.2) is 4.98 Å². The molecule has 6 nitrogen and oxygen atoms in total. The van der Waals surface area contributed by atoms with Gasteiger partial charge in [-0.05, 0) is 24.3 Å². The number of nitrogens with one attached hydrogen (secondary N) is 1. The molecule has 1 N–H and O–H groups in total. The van der Waals surface area contributed by atoms with Crippen LogP contribution in [0.15, 0.2) is 71.1 Å². The van der Waals surface area contributed by atoms with E-state index in [9.17, 15) is 9.59 Å². The highest BCUT2D eigenvalue weighted by Crippen LogP contribution is 2.23. The highest BCUT2D eigenvalue weighted by molar-refractivity contribution is 7.99. The number of aromatic nitrogens is 2. The maximum absolute atomic E-state index is 13.1. The monoisotopic (exact) mass is 381 g/mol. The molecule has 1 aromatic heterocycles. The van der Waals surface area contributed by atoms with E-state index in [1.807, 2.05) is 12.1 Å². The summed E-state index contributed by atoms with van der Waals surface area (Å²) in [6, 6.07) is 14.3. The number of para-hydroxylation sites is 1. The zero-order valence-corrected chi connectivity index (χ0v) is 15.7. The highest BCUT2D eigenvalue weighted by atomic mass is 32.2. The molecule has 27 heavy (non-hydrogen) atoms. The number of methoxy groups -OCH3 is 1. The van der Waals surface area contributed by atoms with Crippen LogP contribution >= 0.6 is 11.8 Å². The van der Waals surface area contributed by atoms with E-state index >= 15 is 0 Å². The summed E-state index contributed by atoms with van der Waals surface area (Å²) < 4.78 is 6.78. The number of carbonyl (C=O) groups excluding carboxylic acids is 1. The average molecular weight is 381 g/mol. The Morgan fingerprint density at radius 3 is 2.89 bits per heavy atom. The zero-order valence-electron chi connectivity index (χ0n) is 14.8. The second kappa shape index (κ2) is 8.55. The number of hydrogen-bond donors (Lipinski definition) is 1. The molecule has 0 aliphatic carbocycles. The molecule has 0 fully saturated rings. The number of carbonyl (C=O) groups is 1. The van der Waals surface area contributed by atoms with E-state index in [0.29, 0.717) is 34.0 Å². The lowest BCUT2D eigenvalue weighted by atomic mass is 10.2. The second-order valence-electron chi connectivity index (χ2n) is 5.63. The van der Waals surface area contributed by atoms with Crippen LogP contribution in [0.25, 0.3) is 16.6 Å². The van der Waals surface area contributed by atoms with Gasteiger partial charge in [0.1, 0.15) is 5.75 Å². The number of benzene rings is 2. The van der Waals surface area contributed by atoms with Gasteiger partial charge in [-0.3, -0.25) is 14.2 Å². The Bertz CT molecular complexity index is 1050. The predicted molar refractivity (Wildman–Crippen MR) is 108 cm³/mol. The van der Waals surface area contributed by atoms with Crippen molar-refractivity contribution in [1.29, 1.82) is 0 Å². The molecule has 0 spiro atoms. The van der Waals surface area contributed by atoms with Crippen molar-refractivity contribution in [3.63, 3.8) is 0 Å². The largest absolute Gasteiger partial charge is 0.497 e. The van der Waals surface area contributed by atoms with Crippen molar-refractivity contribution in [1.82, 2.24) is 14.9 Å². The molecule has 1 heterocycles. The van der Waals surface area contributed by atoms with E-state index in [-0.39, 0.29) is 17.2 Å². The lowest BCUT2D eigenvalue weighted by Gasteiger charge is -2.14. The minimum Gasteiger partial charge on any atom is -0.497 e. The quantitative estimate of drug-likeness (QED) is 0.387. The van der Waals surface area contributed by atoms with Crippen LogP contribution in [0, 0.1) is 0 Å². The maximum atomic E-state index is 13.1. The topological polar surface area (TPSA) is 73.2 Å². The number of fused-ring (bicyclic) bond motifs is 1. The summed E-state index contributed by atoms with van der Waals surface area (Å²) in [5.74, 6) is 0.620. The molecule has 0 atom stereocenters. The van der Waals surface area contributed by atoms with Gasteiger partial charge in [0.25, 0.3) is 5.56 Å². The van der Waals surface area contributed by atoms with E-state index in [2.05, 4.69) is 16.9 Å². The van der Waals surface area contributed by atoms with Crippen LogP contribution in [0.1, 0.15) is 0 Å². The van der Waals surface area contributed by atoms with Gasteiger partial charge in [-0.1, -0.05) is 36.0 Å². The first-order valence-corrected chi connectivity index (χ1v) is 9.29. The molecule has 3 aromatic rings. The van der Waals surface area contributed by atoms with Gasteiger partial charge in [0, 0.05) is 12.6 Å². The number of thioether (sulfide) groups is 1. The van der Waals surface area contributed by atoms with Gasteiger partial charge >= 0.3 is 0 Å². The van der Waals surface area contributed by atoms with Crippen LogP contribution < -0.4 is 15.6 Å². The molecule has 1 amide bonds. The normalized spacial score (nSPS) is 10.6. The van der Waals surface area contributed by atoms with E-state index < -0.39 is 0 Å². The van der Waals surface area contributed by atoms with Gasteiger partial charge in [0.05, 0.1) is 29.5 Å². The smallest absolute Gasteiger partial charge is 0.266 e. The van der Waals surface area contributed by atoms with Crippen molar-refractivity contribution in [3.05, 3.63) is 71.5 Å². The summed E-state index contributed by atoms with van der Waals surface area (Å²) in [5.41, 5.74) is 1.03. The standard InChI is InChI=1S/C20H19N3O3S/c1-3-11-21-18(24)13-27-20-22-17-10-5-4-9-16(17)19(25)23(20)14-7-6-8-15(12-14)26-2/h3-10,12H,1,11,13H2,2H3,(H,21,24). The number of ether oxygens (including phenoxy) is 1. The lowest BCUT2D eigenvalue weighted by Crippen LogP contribution is -2.26. The molecule has 0 bridgehead atoms. The maximum Gasteiger partial charge on any atom is 0.266 e. The fourth-order valence-electron chi connectivity index (χ4n) is 2.55. The highest BCUT2D eigenvalue weighted by Gasteiger charge is 2.15. The van der Waals surface area contributed by atoms with Gasteiger partial charge in [0.2, 0.25) is 5.91 Å². The summed E-state index contributed by atoms with van der Waals surface area (Å²) in [5, 5.41) is 3.68. The molecule has 0 radical (unpaired) electrons. The van der Waals surface area contributed by atoms with Crippen molar-refractivity contribution in [2.75, 3.05) is 19.4 Å². The number of amides is 1. The van der Waals surface area contributed by atoms with E-state index in [0.717, 1.165) is 0 Å². The number of nitrogens with zero attached hydrogens (tertiary/aromatic N) is 2. The molecule has 0 unspecified atom stereocenters. The van der Waals surface area contributed by atoms with Crippen LogP contribution in [0.3, 0.4) is 0 Å². The lowest BCUT2D eigenvalue weighted by molar-refractivity contribution is -0.118. The molecule has 0 aliphatic rings. The molecule has 0 aliphatic heterocycles.